The molecule has 2 atom stereocenters. The molecule has 0 unspecified atom stereocenters. The highest BCUT2D eigenvalue weighted by Crippen LogP contribution is 2.24. The predicted molar refractivity (Wildman–Crippen MR) is 89.7 cm³/mol. The zero-order valence-corrected chi connectivity index (χ0v) is 13.9. The van der Waals surface area contributed by atoms with Crippen LogP contribution in [0, 0.1) is 5.92 Å². The minimum atomic E-state index is -0.457. The van der Waals surface area contributed by atoms with Crippen molar-refractivity contribution in [2.45, 2.75) is 51.6 Å². The molecule has 1 aliphatic rings. The largest absolute Gasteiger partial charge is 0.419 e. The summed E-state index contributed by atoms with van der Waals surface area (Å²) in [6, 6.07) is 5.31. The van der Waals surface area contributed by atoms with Crippen molar-refractivity contribution in [3.8, 4) is 0 Å². The minimum absolute atomic E-state index is 0.0148. The smallest absolute Gasteiger partial charge is 0.408 e. The lowest BCUT2D eigenvalue weighted by molar-refractivity contribution is -0.122. The van der Waals surface area contributed by atoms with Crippen LogP contribution in [0.1, 0.15) is 39.0 Å². The Hall–Kier alpha value is -1.75. The van der Waals surface area contributed by atoms with Gasteiger partial charge in [-0.25, -0.2) is 4.79 Å². The topological polar surface area (TPSA) is 64.2 Å². The van der Waals surface area contributed by atoms with Gasteiger partial charge in [-0.1, -0.05) is 31.4 Å². The van der Waals surface area contributed by atoms with E-state index in [2.05, 4.69) is 12.2 Å². The van der Waals surface area contributed by atoms with E-state index in [0.29, 0.717) is 28.6 Å². The summed E-state index contributed by atoms with van der Waals surface area (Å²) in [4.78, 5) is 24.1. The van der Waals surface area contributed by atoms with Gasteiger partial charge in [-0.15, -0.1) is 0 Å². The molecule has 1 aromatic carbocycles. The summed E-state index contributed by atoms with van der Waals surface area (Å²) in [5.41, 5.74) is 1.11. The van der Waals surface area contributed by atoms with Crippen LogP contribution in [0.15, 0.2) is 27.4 Å². The van der Waals surface area contributed by atoms with Gasteiger partial charge in [-0.2, -0.15) is 0 Å². The number of benzene rings is 1. The molecule has 0 spiro atoms. The fourth-order valence-corrected chi connectivity index (χ4v) is 3.44. The van der Waals surface area contributed by atoms with E-state index in [1.165, 1.54) is 17.4 Å². The zero-order chi connectivity index (χ0) is 16.4. The van der Waals surface area contributed by atoms with Crippen LogP contribution in [0.4, 0.5) is 0 Å². The Balaban J connectivity index is 1.65. The summed E-state index contributed by atoms with van der Waals surface area (Å²) in [7, 11) is 0. The fraction of sp³-hybridized carbons (Fsp3) is 0.529. The van der Waals surface area contributed by atoms with Gasteiger partial charge in [0.25, 0.3) is 0 Å². The molecule has 1 fully saturated rings. The van der Waals surface area contributed by atoms with E-state index in [0.717, 1.165) is 12.8 Å². The molecule has 1 amide bonds. The van der Waals surface area contributed by atoms with Crippen LogP contribution in [-0.4, -0.2) is 16.5 Å². The molecule has 23 heavy (non-hydrogen) atoms. The minimum Gasteiger partial charge on any atom is -0.408 e. The van der Waals surface area contributed by atoms with E-state index in [4.69, 9.17) is 16.0 Å². The molecule has 1 aliphatic carbocycles. The highest BCUT2D eigenvalue weighted by atomic mass is 35.5. The number of nitrogens with one attached hydrogen (secondary N) is 1. The monoisotopic (exact) mass is 336 g/mol. The van der Waals surface area contributed by atoms with Gasteiger partial charge in [0.1, 0.15) is 0 Å². The third-order valence-corrected chi connectivity index (χ3v) is 4.89. The molecule has 0 saturated heterocycles. The molecule has 1 N–H and O–H groups in total. The van der Waals surface area contributed by atoms with Crippen molar-refractivity contribution < 1.29 is 9.21 Å². The van der Waals surface area contributed by atoms with Gasteiger partial charge in [0.15, 0.2) is 5.58 Å². The highest BCUT2D eigenvalue weighted by Gasteiger charge is 2.22. The standard InChI is InChI=1S/C17H21ClN2O3/c1-11-4-2-3-5-13(11)19-16(21)8-9-20-14-7-6-12(18)10-15(14)23-17(20)22/h6-7,10-11,13H,2-5,8-9H2,1H3,(H,19,21)/t11-,13+/m0/s1. The molecular weight excluding hydrogens is 316 g/mol. The molecule has 3 rings (SSSR count). The van der Waals surface area contributed by atoms with Gasteiger partial charge in [0.2, 0.25) is 5.91 Å². The van der Waals surface area contributed by atoms with E-state index < -0.39 is 5.76 Å². The molecule has 1 saturated carbocycles. The normalized spacial score (nSPS) is 21.5. The van der Waals surface area contributed by atoms with E-state index >= 15 is 0 Å². The third-order valence-electron chi connectivity index (χ3n) is 4.65. The second kappa shape index (κ2) is 6.79. The van der Waals surface area contributed by atoms with Crippen molar-refractivity contribution in [2.24, 2.45) is 5.92 Å². The first-order chi connectivity index (χ1) is 11.0. The molecule has 124 valence electrons. The Morgan fingerprint density at radius 1 is 1.39 bits per heavy atom. The maximum atomic E-state index is 12.2. The van der Waals surface area contributed by atoms with Crippen molar-refractivity contribution in [3.63, 3.8) is 0 Å². The number of halogens is 1. The van der Waals surface area contributed by atoms with Gasteiger partial charge in [0, 0.05) is 30.1 Å². The average molecular weight is 337 g/mol. The number of aromatic nitrogens is 1. The van der Waals surface area contributed by atoms with Crippen LogP contribution >= 0.6 is 11.6 Å². The zero-order valence-electron chi connectivity index (χ0n) is 13.2. The first-order valence-corrected chi connectivity index (χ1v) is 8.50. The average Bonchev–Trinajstić information content (AvgIpc) is 2.82. The number of carbonyl (C=O) groups excluding carboxylic acids is 1. The molecular formula is C17H21ClN2O3. The van der Waals surface area contributed by atoms with Crippen LogP contribution in [0.5, 0.6) is 0 Å². The molecule has 2 aromatic rings. The van der Waals surface area contributed by atoms with E-state index in [1.54, 1.807) is 18.2 Å². The SMILES string of the molecule is C[C@H]1CCCC[C@H]1NC(=O)CCn1c(=O)oc2cc(Cl)ccc21. The quantitative estimate of drug-likeness (QED) is 0.931. The van der Waals surface area contributed by atoms with Gasteiger partial charge in [0.05, 0.1) is 5.52 Å². The van der Waals surface area contributed by atoms with Crippen LogP contribution < -0.4 is 11.1 Å². The van der Waals surface area contributed by atoms with Gasteiger partial charge in [-0.05, 0) is 30.9 Å². The fourth-order valence-electron chi connectivity index (χ4n) is 3.27. The molecule has 0 aliphatic heterocycles. The Bertz CT molecular complexity index is 765. The van der Waals surface area contributed by atoms with E-state index in [9.17, 15) is 9.59 Å². The summed E-state index contributed by atoms with van der Waals surface area (Å²) in [5, 5.41) is 3.62. The summed E-state index contributed by atoms with van der Waals surface area (Å²) in [6.45, 7) is 2.49. The second-order valence-corrected chi connectivity index (χ2v) is 6.75. The first kappa shape index (κ1) is 16.1. The predicted octanol–water partition coefficient (Wildman–Crippen LogP) is 3.33. The van der Waals surface area contributed by atoms with Crippen molar-refractivity contribution in [3.05, 3.63) is 33.8 Å². The van der Waals surface area contributed by atoms with Crippen molar-refractivity contribution in [1.82, 2.24) is 9.88 Å². The highest BCUT2D eigenvalue weighted by molar-refractivity contribution is 6.31. The van der Waals surface area contributed by atoms with Crippen LogP contribution in [-0.2, 0) is 11.3 Å². The number of hydrogen-bond donors (Lipinski definition) is 1. The molecule has 1 heterocycles. The Morgan fingerprint density at radius 3 is 2.96 bits per heavy atom. The summed E-state index contributed by atoms with van der Waals surface area (Å²) in [6.07, 6.45) is 4.88. The van der Waals surface area contributed by atoms with Gasteiger partial charge < -0.3 is 9.73 Å². The summed E-state index contributed by atoms with van der Waals surface area (Å²) < 4.78 is 6.65. The third kappa shape index (κ3) is 3.61. The Kier molecular flexibility index (Phi) is 4.76. The molecule has 6 heteroatoms. The van der Waals surface area contributed by atoms with Crippen molar-refractivity contribution in [1.29, 1.82) is 0 Å². The summed E-state index contributed by atoms with van der Waals surface area (Å²) >= 11 is 5.89. The van der Waals surface area contributed by atoms with E-state index in [1.807, 2.05) is 0 Å². The number of rotatable bonds is 4. The lowest BCUT2D eigenvalue weighted by Gasteiger charge is -2.29. The lowest BCUT2D eigenvalue weighted by Crippen LogP contribution is -2.41. The summed E-state index contributed by atoms with van der Waals surface area (Å²) in [5.74, 6) is 0.0485. The number of hydrogen-bond acceptors (Lipinski definition) is 3. The number of carbonyl (C=O) groups is 1. The van der Waals surface area contributed by atoms with Crippen molar-refractivity contribution >= 4 is 28.6 Å². The van der Waals surface area contributed by atoms with Crippen molar-refractivity contribution in [2.75, 3.05) is 0 Å². The number of nitrogens with zero attached hydrogens (tertiary/aromatic N) is 1. The number of amides is 1. The van der Waals surface area contributed by atoms with Crippen LogP contribution in [0.25, 0.3) is 11.1 Å². The number of oxazole rings is 1. The Labute approximate surface area is 139 Å². The lowest BCUT2D eigenvalue weighted by atomic mass is 9.86. The molecule has 0 radical (unpaired) electrons. The van der Waals surface area contributed by atoms with Gasteiger partial charge >= 0.3 is 5.76 Å². The maximum Gasteiger partial charge on any atom is 0.419 e. The maximum absolute atomic E-state index is 12.2. The van der Waals surface area contributed by atoms with Crippen LogP contribution in [0.2, 0.25) is 5.02 Å². The number of fused-ring (bicyclic) bond motifs is 1. The Morgan fingerprint density at radius 2 is 2.17 bits per heavy atom. The molecule has 0 bridgehead atoms. The first-order valence-electron chi connectivity index (χ1n) is 8.13. The second-order valence-electron chi connectivity index (χ2n) is 6.32. The molecule has 5 nitrogen and oxygen atoms in total. The van der Waals surface area contributed by atoms with Crippen LogP contribution in [0.3, 0.4) is 0 Å². The number of aryl methyl sites for hydroxylation is 1. The molecule has 1 aromatic heterocycles. The van der Waals surface area contributed by atoms with E-state index in [-0.39, 0.29) is 18.4 Å². The van der Waals surface area contributed by atoms with Gasteiger partial charge in [-0.3, -0.25) is 9.36 Å².